The zero-order chi connectivity index (χ0) is 15.5. The zero-order valence-corrected chi connectivity index (χ0v) is 16.3. The van der Waals surface area contributed by atoms with E-state index in [1.807, 2.05) is 11.3 Å². The van der Waals surface area contributed by atoms with Crippen LogP contribution in [0.3, 0.4) is 0 Å². The van der Waals surface area contributed by atoms with Gasteiger partial charge in [0.15, 0.2) is 0 Å². The van der Waals surface area contributed by atoms with Crippen molar-refractivity contribution in [2.75, 3.05) is 13.1 Å². The van der Waals surface area contributed by atoms with Gasteiger partial charge in [0, 0.05) is 4.88 Å². The summed E-state index contributed by atoms with van der Waals surface area (Å²) in [5, 5.41) is 3.70. The van der Waals surface area contributed by atoms with Crippen LogP contribution in [-0.2, 0) is 6.42 Å². The Morgan fingerprint density at radius 3 is 2.71 bits per heavy atom. The molecule has 1 heterocycles. The van der Waals surface area contributed by atoms with Gasteiger partial charge in [-0.25, -0.2) is 0 Å². The third kappa shape index (κ3) is 5.69. The highest BCUT2D eigenvalue weighted by Gasteiger charge is 2.34. The van der Waals surface area contributed by atoms with Crippen LogP contribution in [0, 0.1) is 23.2 Å². The lowest BCUT2D eigenvalue weighted by atomic mass is 9.66. The minimum Gasteiger partial charge on any atom is -0.316 e. The van der Waals surface area contributed by atoms with Crippen LogP contribution < -0.4 is 5.32 Å². The smallest absolute Gasteiger partial charge is 0.0701 e. The second-order valence-electron chi connectivity index (χ2n) is 7.89. The van der Waals surface area contributed by atoms with Crippen molar-refractivity contribution in [2.45, 2.75) is 53.4 Å². The molecule has 1 aliphatic rings. The second-order valence-corrected chi connectivity index (χ2v) is 10.4. The molecule has 1 aliphatic carbocycles. The lowest BCUT2D eigenvalue weighted by Crippen LogP contribution is -2.37. The van der Waals surface area contributed by atoms with E-state index in [1.165, 1.54) is 36.0 Å². The van der Waals surface area contributed by atoms with Gasteiger partial charge in [-0.1, -0.05) is 27.7 Å². The molecular weight excluding hydrogens is 342 g/mol. The molecule has 0 amide bonds. The van der Waals surface area contributed by atoms with Gasteiger partial charge in [-0.2, -0.15) is 0 Å². The molecule has 1 N–H and O–H groups in total. The molecule has 2 rings (SSSR count). The first-order chi connectivity index (χ1) is 9.85. The normalized spacial score (nSPS) is 25.4. The molecule has 0 saturated heterocycles. The van der Waals surface area contributed by atoms with Crippen molar-refractivity contribution in [3.8, 4) is 0 Å². The first-order valence-electron chi connectivity index (χ1n) is 8.30. The number of halogens is 1. The fourth-order valence-electron chi connectivity index (χ4n) is 3.58. The standard InChI is InChI=1S/C18H30BrNS/c1-13(2)11-20-12-14-7-8-18(3,4)10-15(14)9-16-5-6-17(19)21-16/h5-6,13-15,20H,7-12H2,1-4H3. The number of hydrogen-bond donors (Lipinski definition) is 1. The van der Waals surface area contributed by atoms with Crippen LogP contribution in [0.4, 0.5) is 0 Å². The molecule has 1 aromatic rings. The monoisotopic (exact) mass is 371 g/mol. The molecule has 1 fully saturated rings. The van der Waals surface area contributed by atoms with Crippen LogP contribution in [0.15, 0.2) is 15.9 Å². The van der Waals surface area contributed by atoms with Crippen LogP contribution >= 0.6 is 27.3 Å². The van der Waals surface area contributed by atoms with E-state index in [0.717, 1.165) is 24.3 Å². The summed E-state index contributed by atoms with van der Waals surface area (Å²) in [6, 6.07) is 4.49. The molecule has 0 aliphatic heterocycles. The lowest BCUT2D eigenvalue weighted by molar-refractivity contribution is 0.116. The van der Waals surface area contributed by atoms with E-state index < -0.39 is 0 Å². The molecule has 21 heavy (non-hydrogen) atoms. The lowest BCUT2D eigenvalue weighted by Gasteiger charge is -2.41. The van der Waals surface area contributed by atoms with Gasteiger partial charge in [0.1, 0.15) is 0 Å². The average molecular weight is 372 g/mol. The predicted molar refractivity (Wildman–Crippen MR) is 98.0 cm³/mol. The van der Waals surface area contributed by atoms with Crippen molar-refractivity contribution in [3.63, 3.8) is 0 Å². The van der Waals surface area contributed by atoms with Crippen molar-refractivity contribution < 1.29 is 0 Å². The van der Waals surface area contributed by atoms with Crippen molar-refractivity contribution in [3.05, 3.63) is 20.8 Å². The molecular formula is C18H30BrNS. The quantitative estimate of drug-likeness (QED) is 0.671. The number of thiophene rings is 1. The Balaban J connectivity index is 1.96. The highest BCUT2D eigenvalue weighted by atomic mass is 79.9. The Bertz CT molecular complexity index is 438. The summed E-state index contributed by atoms with van der Waals surface area (Å²) in [6.07, 6.45) is 5.39. The number of rotatable bonds is 6. The van der Waals surface area contributed by atoms with Gasteiger partial charge in [0.2, 0.25) is 0 Å². The number of nitrogens with one attached hydrogen (secondary N) is 1. The topological polar surface area (TPSA) is 12.0 Å². The van der Waals surface area contributed by atoms with E-state index >= 15 is 0 Å². The highest BCUT2D eigenvalue weighted by Crippen LogP contribution is 2.43. The van der Waals surface area contributed by atoms with Crippen LogP contribution in [0.25, 0.3) is 0 Å². The summed E-state index contributed by atoms with van der Waals surface area (Å²) in [6.45, 7) is 11.8. The molecule has 0 spiro atoms. The second kappa shape index (κ2) is 7.61. The van der Waals surface area contributed by atoms with Gasteiger partial charge < -0.3 is 5.32 Å². The van der Waals surface area contributed by atoms with Crippen LogP contribution in [-0.4, -0.2) is 13.1 Å². The molecule has 1 nitrogen and oxygen atoms in total. The molecule has 3 heteroatoms. The SMILES string of the molecule is CC(C)CNCC1CCC(C)(C)CC1Cc1ccc(Br)s1. The van der Waals surface area contributed by atoms with Gasteiger partial charge in [-0.05, 0) is 90.0 Å². The van der Waals surface area contributed by atoms with Crippen molar-refractivity contribution in [1.82, 2.24) is 5.32 Å². The summed E-state index contributed by atoms with van der Waals surface area (Å²) in [7, 11) is 0. The van der Waals surface area contributed by atoms with Crippen LogP contribution in [0.5, 0.6) is 0 Å². The third-order valence-electron chi connectivity index (χ3n) is 4.72. The third-order valence-corrected chi connectivity index (χ3v) is 6.37. The molecule has 120 valence electrons. The maximum Gasteiger partial charge on any atom is 0.0701 e. The summed E-state index contributed by atoms with van der Waals surface area (Å²) in [5.41, 5.74) is 0.522. The minimum absolute atomic E-state index is 0.522. The first-order valence-corrected chi connectivity index (χ1v) is 9.91. The van der Waals surface area contributed by atoms with E-state index in [-0.39, 0.29) is 0 Å². The molecule has 1 saturated carbocycles. The van der Waals surface area contributed by atoms with Crippen molar-refractivity contribution in [2.24, 2.45) is 23.2 Å². The Kier molecular flexibility index (Phi) is 6.34. The van der Waals surface area contributed by atoms with E-state index in [0.29, 0.717) is 5.41 Å². The van der Waals surface area contributed by atoms with Gasteiger partial charge in [0.05, 0.1) is 3.79 Å². The largest absolute Gasteiger partial charge is 0.316 e. The predicted octanol–water partition coefficient (Wildman–Crippen LogP) is 5.74. The summed E-state index contributed by atoms with van der Waals surface area (Å²) >= 11 is 5.51. The molecule has 0 bridgehead atoms. The number of hydrogen-bond acceptors (Lipinski definition) is 2. The van der Waals surface area contributed by atoms with Gasteiger partial charge in [0.25, 0.3) is 0 Å². The molecule has 2 unspecified atom stereocenters. The van der Waals surface area contributed by atoms with Crippen LogP contribution in [0.1, 0.15) is 51.8 Å². The Labute approximate surface area is 143 Å². The van der Waals surface area contributed by atoms with E-state index in [1.54, 1.807) is 4.88 Å². The summed E-state index contributed by atoms with van der Waals surface area (Å²) in [5.74, 6) is 2.42. The Morgan fingerprint density at radius 2 is 2.10 bits per heavy atom. The van der Waals surface area contributed by atoms with E-state index in [9.17, 15) is 0 Å². The van der Waals surface area contributed by atoms with Gasteiger partial charge >= 0.3 is 0 Å². The molecule has 2 atom stereocenters. The zero-order valence-electron chi connectivity index (χ0n) is 13.9. The maximum absolute atomic E-state index is 3.70. The van der Waals surface area contributed by atoms with Gasteiger partial charge in [-0.15, -0.1) is 11.3 Å². The highest BCUT2D eigenvalue weighted by molar-refractivity contribution is 9.11. The first kappa shape index (κ1) is 17.5. The molecule has 0 aromatic carbocycles. The van der Waals surface area contributed by atoms with Crippen molar-refractivity contribution >= 4 is 27.3 Å². The van der Waals surface area contributed by atoms with Gasteiger partial charge in [-0.3, -0.25) is 0 Å². The molecule has 1 aromatic heterocycles. The molecule has 0 radical (unpaired) electrons. The average Bonchev–Trinajstić information content (AvgIpc) is 2.76. The van der Waals surface area contributed by atoms with E-state index in [2.05, 4.69) is 61.1 Å². The van der Waals surface area contributed by atoms with Crippen LogP contribution in [0.2, 0.25) is 0 Å². The maximum atomic E-state index is 3.70. The summed E-state index contributed by atoms with van der Waals surface area (Å²) in [4.78, 5) is 1.54. The Hall–Kier alpha value is 0.140. The fourth-order valence-corrected chi connectivity index (χ4v) is 5.15. The summed E-state index contributed by atoms with van der Waals surface area (Å²) < 4.78 is 1.27. The fraction of sp³-hybridized carbons (Fsp3) is 0.778. The van der Waals surface area contributed by atoms with Crippen molar-refractivity contribution in [1.29, 1.82) is 0 Å². The Morgan fingerprint density at radius 1 is 1.33 bits per heavy atom. The minimum atomic E-state index is 0.522. The van der Waals surface area contributed by atoms with E-state index in [4.69, 9.17) is 0 Å².